The van der Waals surface area contributed by atoms with E-state index in [9.17, 15) is 20.2 Å². The van der Waals surface area contributed by atoms with E-state index in [0.29, 0.717) is 5.56 Å². The van der Waals surface area contributed by atoms with Gasteiger partial charge in [0.2, 0.25) is 0 Å². The van der Waals surface area contributed by atoms with Crippen LogP contribution in [0, 0.1) is 20.2 Å². The van der Waals surface area contributed by atoms with E-state index in [2.05, 4.69) is 42.5 Å². The van der Waals surface area contributed by atoms with Crippen LogP contribution < -0.4 is 0 Å². The minimum absolute atomic E-state index is 0.0306. The van der Waals surface area contributed by atoms with Crippen LogP contribution in [-0.4, -0.2) is 9.85 Å². The van der Waals surface area contributed by atoms with Crippen molar-refractivity contribution in [3.63, 3.8) is 0 Å². The summed E-state index contributed by atoms with van der Waals surface area (Å²) in [5.74, 6) is 0.0351. The van der Waals surface area contributed by atoms with Gasteiger partial charge in [-0.3, -0.25) is 20.2 Å². The Morgan fingerprint density at radius 2 is 1.03 bits per heavy atom. The fourth-order valence-corrected chi connectivity index (χ4v) is 5.42. The topological polar surface area (TPSA) is 86.3 Å². The first-order valence-electron chi connectivity index (χ1n) is 10.3. The molecule has 6 nitrogen and oxygen atoms in total. The Labute approximate surface area is 183 Å². The van der Waals surface area contributed by atoms with Gasteiger partial charge in [0, 0.05) is 24.0 Å². The van der Waals surface area contributed by atoms with Crippen molar-refractivity contribution in [3.05, 3.63) is 139 Å². The van der Waals surface area contributed by atoms with Crippen LogP contribution >= 0.6 is 0 Å². The first-order valence-corrected chi connectivity index (χ1v) is 10.3. The van der Waals surface area contributed by atoms with Gasteiger partial charge in [0.05, 0.1) is 15.9 Å². The summed E-state index contributed by atoms with van der Waals surface area (Å²) in [4.78, 5) is 21.8. The summed E-state index contributed by atoms with van der Waals surface area (Å²) in [7, 11) is 0. The molecule has 0 amide bonds. The third-order valence-corrected chi connectivity index (χ3v) is 6.61. The van der Waals surface area contributed by atoms with E-state index in [4.69, 9.17) is 0 Å². The molecule has 0 radical (unpaired) electrons. The minimum Gasteiger partial charge on any atom is -0.258 e. The monoisotopic (exact) mass is 420 g/mol. The molecule has 0 saturated heterocycles. The van der Waals surface area contributed by atoms with Gasteiger partial charge in [-0.25, -0.2) is 0 Å². The lowest BCUT2D eigenvalue weighted by molar-refractivity contribution is -0.394. The number of hydrogen-bond donors (Lipinski definition) is 0. The van der Waals surface area contributed by atoms with Gasteiger partial charge in [-0.15, -0.1) is 0 Å². The van der Waals surface area contributed by atoms with Gasteiger partial charge in [-0.1, -0.05) is 66.7 Å². The molecule has 0 heterocycles. The van der Waals surface area contributed by atoms with Crippen molar-refractivity contribution < 1.29 is 9.85 Å². The van der Waals surface area contributed by atoms with E-state index in [1.807, 2.05) is 24.3 Å². The van der Waals surface area contributed by atoms with Crippen molar-refractivity contribution in [3.8, 4) is 11.1 Å². The summed E-state index contributed by atoms with van der Waals surface area (Å²) >= 11 is 0. The van der Waals surface area contributed by atoms with Crippen LogP contribution in [0.3, 0.4) is 0 Å². The number of nitro benzene ring substituents is 2. The van der Waals surface area contributed by atoms with Gasteiger partial charge in [0.25, 0.3) is 11.4 Å². The van der Waals surface area contributed by atoms with E-state index in [1.165, 1.54) is 34.4 Å². The molecular weight excluding hydrogens is 404 g/mol. The predicted molar refractivity (Wildman–Crippen MR) is 120 cm³/mol. The van der Waals surface area contributed by atoms with Crippen molar-refractivity contribution in [2.24, 2.45) is 0 Å². The molecule has 0 atom stereocenters. The second-order valence-electron chi connectivity index (χ2n) is 8.18. The highest BCUT2D eigenvalue weighted by Gasteiger charge is 2.42. The molecule has 3 aliphatic carbocycles. The van der Waals surface area contributed by atoms with Gasteiger partial charge < -0.3 is 0 Å². The predicted octanol–water partition coefficient (Wildman–Crippen LogP) is 6.16. The maximum absolute atomic E-state index is 11.5. The maximum atomic E-state index is 11.5. The van der Waals surface area contributed by atoms with Crippen molar-refractivity contribution in [2.75, 3.05) is 0 Å². The summed E-state index contributed by atoms with van der Waals surface area (Å²) < 4.78 is 0. The van der Waals surface area contributed by atoms with Crippen LogP contribution in [0.2, 0.25) is 0 Å². The number of rotatable bonds is 3. The molecule has 4 aromatic carbocycles. The van der Waals surface area contributed by atoms with Crippen molar-refractivity contribution in [1.29, 1.82) is 0 Å². The zero-order valence-electron chi connectivity index (χ0n) is 16.8. The molecule has 0 spiro atoms. The molecule has 2 bridgehead atoms. The fraction of sp³-hybridized carbons (Fsp3) is 0.0769. The lowest BCUT2D eigenvalue weighted by atomic mass is 9.60. The molecule has 0 saturated carbocycles. The SMILES string of the molecule is O=[N+]([O-])c1cc(-c2cccc3c2C2c4ccccc4C3c3ccccc32)cc([N+](=O)[O-])c1. The van der Waals surface area contributed by atoms with Gasteiger partial charge in [0.15, 0.2) is 0 Å². The summed E-state index contributed by atoms with van der Waals surface area (Å²) in [6.07, 6.45) is 0. The van der Waals surface area contributed by atoms with Gasteiger partial charge in [0.1, 0.15) is 0 Å². The average molecular weight is 420 g/mol. The number of hydrogen-bond acceptors (Lipinski definition) is 4. The minimum atomic E-state index is -0.581. The average Bonchev–Trinajstić information content (AvgIpc) is 2.83. The van der Waals surface area contributed by atoms with E-state index in [-0.39, 0.29) is 23.2 Å². The third-order valence-electron chi connectivity index (χ3n) is 6.61. The molecular formula is C26H16N2O4. The Morgan fingerprint density at radius 3 is 1.53 bits per heavy atom. The second kappa shape index (κ2) is 6.59. The van der Waals surface area contributed by atoms with Crippen LogP contribution in [-0.2, 0) is 0 Å². The molecule has 0 unspecified atom stereocenters. The van der Waals surface area contributed by atoms with Crippen LogP contribution in [0.1, 0.15) is 45.2 Å². The number of benzene rings is 4. The summed E-state index contributed by atoms with van der Waals surface area (Å²) in [6, 6.07) is 26.6. The zero-order valence-corrected chi connectivity index (χ0v) is 16.8. The molecule has 0 aromatic heterocycles. The number of nitro groups is 2. The Bertz CT molecular complexity index is 1380. The molecule has 154 valence electrons. The smallest absolute Gasteiger partial charge is 0.258 e. The summed E-state index contributed by atoms with van der Waals surface area (Å²) in [5, 5.41) is 23.0. The first-order chi connectivity index (χ1) is 15.5. The lowest BCUT2D eigenvalue weighted by Gasteiger charge is -2.43. The highest BCUT2D eigenvalue weighted by atomic mass is 16.6. The Kier molecular flexibility index (Phi) is 3.80. The van der Waals surface area contributed by atoms with Gasteiger partial charge in [-0.2, -0.15) is 0 Å². The lowest BCUT2D eigenvalue weighted by Crippen LogP contribution is -2.28. The zero-order chi connectivity index (χ0) is 22.0. The quantitative estimate of drug-likeness (QED) is 0.253. The van der Waals surface area contributed by atoms with Crippen molar-refractivity contribution >= 4 is 11.4 Å². The number of non-ortho nitro benzene ring substituents is 2. The molecule has 0 N–H and O–H groups in total. The molecule has 4 aromatic rings. The van der Waals surface area contributed by atoms with Gasteiger partial charge in [-0.05, 0) is 44.5 Å². The number of nitrogens with zero attached hydrogens (tertiary/aromatic N) is 2. The first kappa shape index (κ1) is 18.4. The molecule has 7 rings (SSSR count). The standard InChI is InChI=1S/C26H16N2O4/c29-27(30)16-12-15(13-17(14-16)28(31)32)18-10-5-11-23-24-19-6-1-3-8-21(19)26(25(18)23)22-9-4-2-7-20(22)24/h1-14,24,26H. The van der Waals surface area contributed by atoms with Crippen LogP contribution in [0.5, 0.6) is 0 Å². The van der Waals surface area contributed by atoms with E-state index >= 15 is 0 Å². The molecule has 0 fully saturated rings. The Morgan fingerprint density at radius 1 is 0.562 bits per heavy atom. The van der Waals surface area contributed by atoms with Crippen molar-refractivity contribution in [1.82, 2.24) is 0 Å². The van der Waals surface area contributed by atoms with Crippen LogP contribution in [0.25, 0.3) is 11.1 Å². The Hall–Kier alpha value is -4.32. The molecule has 0 aliphatic heterocycles. The summed E-state index contributed by atoms with van der Waals surface area (Å²) in [6.45, 7) is 0. The summed E-state index contributed by atoms with van der Waals surface area (Å²) in [5.41, 5.74) is 7.92. The molecule has 6 heteroatoms. The maximum Gasteiger partial charge on any atom is 0.276 e. The van der Waals surface area contributed by atoms with Crippen LogP contribution in [0.15, 0.2) is 84.9 Å². The highest BCUT2D eigenvalue weighted by Crippen LogP contribution is 2.57. The highest BCUT2D eigenvalue weighted by molar-refractivity contribution is 5.80. The fourth-order valence-electron chi connectivity index (χ4n) is 5.42. The third kappa shape index (κ3) is 2.46. The van der Waals surface area contributed by atoms with E-state index in [1.54, 1.807) is 0 Å². The molecule has 32 heavy (non-hydrogen) atoms. The molecule has 3 aliphatic rings. The van der Waals surface area contributed by atoms with E-state index < -0.39 is 9.85 Å². The normalized spacial score (nSPS) is 17.2. The van der Waals surface area contributed by atoms with Crippen LogP contribution in [0.4, 0.5) is 11.4 Å². The van der Waals surface area contributed by atoms with Crippen molar-refractivity contribution in [2.45, 2.75) is 11.8 Å². The largest absolute Gasteiger partial charge is 0.276 e. The Balaban J connectivity index is 1.66. The van der Waals surface area contributed by atoms with E-state index in [0.717, 1.165) is 22.8 Å². The van der Waals surface area contributed by atoms with Gasteiger partial charge >= 0.3 is 0 Å². The second-order valence-corrected chi connectivity index (χ2v) is 8.18.